The molecule has 0 unspecified atom stereocenters. The first-order chi connectivity index (χ1) is 13.4. The average Bonchev–Trinajstić information content (AvgIpc) is 3.14. The molecule has 0 saturated heterocycles. The van der Waals surface area contributed by atoms with Gasteiger partial charge in [-0.15, -0.1) is 10.2 Å². The summed E-state index contributed by atoms with van der Waals surface area (Å²) >= 11 is 7.46. The first-order valence-electron chi connectivity index (χ1n) is 8.59. The van der Waals surface area contributed by atoms with E-state index in [0.717, 1.165) is 22.4 Å². The summed E-state index contributed by atoms with van der Waals surface area (Å²) in [5.74, 6) is 1.06. The lowest BCUT2D eigenvalue weighted by molar-refractivity contribution is -0.122. The Labute approximate surface area is 172 Å². The number of nitrogens with one attached hydrogen (secondary N) is 1. The Bertz CT molecular complexity index is 966. The Morgan fingerprint density at radius 2 is 1.75 bits per heavy atom. The molecule has 1 amide bonds. The van der Waals surface area contributed by atoms with Gasteiger partial charge >= 0.3 is 0 Å². The van der Waals surface area contributed by atoms with Crippen molar-refractivity contribution in [3.05, 3.63) is 52.5 Å². The molecule has 28 heavy (non-hydrogen) atoms. The molecule has 1 N–H and O–H groups in total. The Morgan fingerprint density at radius 3 is 2.36 bits per heavy atom. The second kappa shape index (κ2) is 8.58. The summed E-state index contributed by atoms with van der Waals surface area (Å²) in [6.45, 7) is 5.48. The molecule has 0 fully saturated rings. The van der Waals surface area contributed by atoms with Crippen LogP contribution in [0.1, 0.15) is 18.1 Å². The maximum absolute atomic E-state index is 12.4. The molecule has 0 saturated carbocycles. The highest BCUT2D eigenvalue weighted by molar-refractivity contribution is 7.18. The zero-order valence-electron chi connectivity index (χ0n) is 15.9. The molecule has 0 bridgehead atoms. The number of carbonyl (C=O) groups is 1. The minimum absolute atomic E-state index is 0.303. The van der Waals surface area contributed by atoms with Crippen LogP contribution in [0.4, 0.5) is 5.13 Å². The number of carbonyl (C=O) groups excluding carboxylic acids is 1. The molecule has 3 rings (SSSR count). The van der Waals surface area contributed by atoms with E-state index in [2.05, 4.69) is 15.5 Å². The van der Waals surface area contributed by atoms with Gasteiger partial charge in [0.1, 0.15) is 16.5 Å². The van der Waals surface area contributed by atoms with Crippen LogP contribution >= 0.6 is 22.9 Å². The van der Waals surface area contributed by atoms with E-state index in [0.29, 0.717) is 20.9 Å². The third kappa shape index (κ3) is 4.61. The molecule has 3 aromatic rings. The highest BCUT2D eigenvalue weighted by Crippen LogP contribution is 2.29. The number of halogens is 1. The number of methoxy groups -OCH3 is 1. The van der Waals surface area contributed by atoms with Gasteiger partial charge in [0.2, 0.25) is 5.13 Å². The minimum Gasteiger partial charge on any atom is -0.497 e. The molecule has 0 aliphatic heterocycles. The second-order valence-corrected chi connectivity index (χ2v) is 7.62. The lowest BCUT2D eigenvalue weighted by atomic mass is 10.1. The quantitative estimate of drug-likeness (QED) is 0.618. The zero-order chi connectivity index (χ0) is 20.3. The first-order valence-corrected chi connectivity index (χ1v) is 9.79. The third-order valence-electron chi connectivity index (χ3n) is 4.08. The molecule has 1 atom stereocenters. The van der Waals surface area contributed by atoms with Crippen molar-refractivity contribution in [1.29, 1.82) is 0 Å². The van der Waals surface area contributed by atoms with Gasteiger partial charge in [0.15, 0.2) is 6.10 Å². The van der Waals surface area contributed by atoms with Crippen LogP contribution in [0.5, 0.6) is 11.5 Å². The van der Waals surface area contributed by atoms with Gasteiger partial charge in [0.05, 0.1) is 7.11 Å². The largest absolute Gasteiger partial charge is 0.497 e. The minimum atomic E-state index is -0.701. The number of ether oxygens (including phenoxy) is 2. The number of benzene rings is 2. The molecule has 6 nitrogen and oxygen atoms in total. The number of hydrogen-bond acceptors (Lipinski definition) is 6. The zero-order valence-corrected chi connectivity index (χ0v) is 17.5. The Morgan fingerprint density at radius 1 is 1.11 bits per heavy atom. The molecule has 2 aromatic carbocycles. The number of aromatic nitrogens is 2. The van der Waals surface area contributed by atoms with Crippen molar-refractivity contribution in [1.82, 2.24) is 10.2 Å². The second-order valence-electron chi connectivity index (χ2n) is 6.26. The molecule has 1 aromatic heterocycles. The van der Waals surface area contributed by atoms with Crippen LogP contribution in [-0.4, -0.2) is 29.3 Å². The predicted molar refractivity (Wildman–Crippen MR) is 112 cm³/mol. The monoisotopic (exact) mass is 417 g/mol. The van der Waals surface area contributed by atoms with Crippen molar-refractivity contribution in [2.45, 2.75) is 26.9 Å². The number of rotatable bonds is 6. The van der Waals surface area contributed by atoms with Gasteiger partial charge < -0.3 is 9.47 Å². The van der Waals surface area contributed by atoms with Crippen molar-refractivity contribution in [2.75, 3.05) is 12.4 Å². The van der Waals surface area contributed by atoms with Gasteiger partial charge in [-0.25, -0.2) is 0 Å². The topological polar surface area (TPSA) is 73.3 Å². The molecule has 0 spiro atoms. The fourth-order valence-corrected chi connectivity index (χ4v) is 3.42. The number of aryl methyl sites for hydroxylation is 2. The lowest BCUT2D eigenvalue weighted by Gasteiger charge is -2.15. The van der Waals surface area contributed by atoms with E-state index < -0.39 is 6.10 Å². The fourth-order valence-electron chi connectivity index (χ4n) is 2.56. The SMILES string of the molecule is COc1ccc(-c2nnc(NC(=O)[C@@H](C)Oc3cc(C)c(Cl)c(C)c3)s2)cc1. The molecular formula is C20H20ClN3O3S. The summed E-state index contributed by atoms with van der Waals surface area (Å²) in [6, 6.07) is 11.1. The summed E-state index contributed by atoms with van der Waals surface area (Å²) in [5, 5.41) is 12.7. The fraction of sp³-hybridized carbons (Fsp3) is 0.250. The van der Waals surface area contributed by atoms with Gasteiger partial charge in [-0.3, -0.25) is 10.1 Å². The van der Waals surface area contributed by atoms with Gasteiger partial charge in [-0.05, 0) is 68.3 Å². The van der Waals surface area contributed by atoms with E-state index in [1.165, 1.54) is 11.3 Å². The summed E-state index contributed by atoms with van der Waals surface area (Å²) in [5.41, 5.74) is 2.70. The van der Waals surface area contributed by atoms with Gasteiger partial charge in [-0.1, -0.05) is 22.9 Å². The molecule has 0 radical (unpaired) electrons. The highest BCUT2D eigenvalue weighted by atomic mass is 35.5. The van der Waals surface area contributed by atoms with E-state index in [9.17, 15) is 4.79 Å². The van der Waals surface area contributed by atoms with E-state index in [-0.39, 0.29) is 5.91 Å². The molecule has 146 valence electrons. The summed E-state index contributed by atoms with van der Waals surface area (Å²) < 4.78 is 10.9. The first kappa shape index (κ1) is 20.1. The molecule has 8 heteroatoms. The smallest absolute Gasteiger partial charge is 0.266 e. The highest BCUT2D eigenvalue weighted by Gasteiger charge is 2.18. The lowest BCUT2D eigenvalue weighted by Crippen LogP contribution is -2.30. The van der Waals surface area contributed by atoms with Crippen molar-refractivity contribution >= 4 is 34.0 Å². The van der Waals surface area contributed by atoms with Crippen LogP contribution < -0.4 is 14.8 Å². The van der Waals surface area contributed by atoms with E-state index in [1.54, 1.807) is 14.0 Å². The third-order valence-corrected chi connectivity index (χ3v) is 5.57. The number of nitrogens with zero attached hydrogens (tertiary/aromatic N) is 2. The normalized spacial score (nSPS) is 11.8. The molecule has 0 aliphatic carbocycles. The Hall–Kier alpha value is -2.64. The van der Waals surface area contributed by atoms with Crippen LogP contribution in [0.3, 0.4) is 0 Å². The maximum atomic E-state index is 12.4. The standard InChI is InChI=1S/C20H20ClN3O3S/c1-11-9-16(10-12(2)17(11)21)27-13(3)18(25)22-20-24-23-19(28-20)14-5-7-15(26-4)8-6-14/h5-10,13H,1-4H3,(H,22,24,25)/t13-/m1/s1. The average molecular weight is 418 g/mol. The van der Waals surface area contributed by atoms with Gasteiger partial charge in [-0.2, -0.15) is 0 Å². The van der Waals surface area contributed by atoms with E-state index in [1.807, 2.05) is 50.2 Å². The van der Waals surface area contributed by atoms with Crippen molar-refractivity contribution in [3.63, 3.8) is 0 Å². The molecule has 0 aliphatic rings. The Kier molecular flexibility index (Phi) is 6.16. The van der Waals surface area contributed by atoms with Crippen molar-refractivity contribution in [2.24, 2.45) is 0 Å². The van der Waals surface area contributed by atoms with Crippen LogP contribution in [0.2, 0.25) is 5.02 Å². The summed E-state index contributed by atoms with van der Waals surface area (Å²) in [7, 11) is 1.61. The summed E-state index contributed by atoms with van der Waals surface area (Å²) in [6.07, 6.45) is -0.701. The number of anilines is 1. The number of hydrogen-bond donors (Lipinski definition) is 1. The van der Waals surface area contributed by atoms with E-state index >= 15 is 0 Å². The molecular weight excluding hydrogens is 398 g/mol. The van der Waals surface area contributed by atoms with Crippen molar-refractivity contribution < 1.29 is 14.3 Å². The van der Waals surface area contributed by atoms with Crippen molar-refractivity contribution in [3.8, 4) is 22.1 Å². The molecule has 1 heterocycles. The number of amides is 1. The van der Waals surface area contributed by atoms with E-state index in [4.69, 9.17) is 21.1 Å². The van der Waals surface area contributed by atoms with Gasteiger partial charge in [0, 0.05) is 10.6 Å². The maximum Gasteiger partial charge on any atom is 0.266 e. The predicted octanol–water partition coefficient (Wildman–Crippen LogP) is 4.89. The van der Waals surface area contributed by atoms with Gasteiger partial charge in [0.25, 0.3) is 5.91 Å². The summed E-state index contributed by atoms with van der Waals surface area (Å²) in [4.78, 5) is 12.4. The van der Waals surface area contributed by atoms with Crippen LogP contribution in [0, 0.1) is 13.8 Å². The van der Waals surface area contributed by atoms with Crippen LogP contribution in [0.15, 0.2) is 36.4 Å². The van der Waals surface area contributed by atoms with Crippen LogP contribution in [-0.2, 0) is 4.79 Å². The Balaban J connectivity index is 1.65. The van der Waals surface area contributed by atoms with Crippen LogP contribution in [0.25, 0.3) is 10.6 Å².